The summed E-state index contributed by atoms with van der Waals surface area (Å²) in [6.45, 7) is 0. The van der Waals surface area contributed by atoms with Crippen LogP contribution in [0.4, 0.5) is 0 Å². The molecule has 0 fully saturated rings. The summed E-state index contributed by atoms with van der Waals surface area (Å²) < 4.78 is 0. The summed E-state index contributed by atoms with van der Waals surface area (Å²) in [5.41, 5.74) is 12.4. The average molecular weight is 659 g/mol. The van der Waals surface area contributed by atoms with Crippen molar-refractivity contribution < 1.29 is 0 Å². The van der Waals surface area contributed by atoms with Gasteiger partial charge in [-0.3, -0.25) is 0 Å². The molecule has 10 aromatic rings. The van der Waals surface area contributed by atoms with Gasteiger partial charge in [-0.15, -0.1) is 0 Å². The first-order valence-corrected chi connectivity index (χ1v) is 18.0. The average Bonchev–Trinajstić information content (AvgIpc) is 3.22. The highest BCUT2D eigenvalue weighted by Gasteiger charge is 2.18. The number of rotatable bonds is 5. The van der Waals surface area contributed by atoms with Gasteiger partial charge in [0.25, 0.3) is 0 Å². The fraction of sp³-hybridized carbons (Fsp3) is 0. The van der Waals surface area contributed by atoms with E-state index in [-0.39, 0.29) is 0 Å². The fourth-order valence-electron chi connectivity index (χ4n) is 8.25. The second-order valence-corrected chi connectivity index (χ2v) is 13.6. The summed E-state index contributed by atoms with van der Waals surface area (Å²) in [5.74, 6) is 0. The van der Waals surface area contributed by atoms with E-state index in [0.717, 1.165) is 0 Å². The molecule has 0 aliphatic heterocycles. The molecule has 0 heteroatoms. The zero-order valence-corrected chi connectivity index (χ0v) is 28.6. The van der Waals surface area contributed by atoms with Crippen LogP contribution in [0, 0.1) is 0 Å². The van der Waals surface area contributed by atoms with E-state index >= 15 is 0 Å². The molecule has 0 saturated heterocycles. The third-order valence-corrected chi connectivity index (χ3v) is 10.6. The van der Waals surface area contributed by atoms with E-state index in [9.17, 15) is 0 Å². The molecule has 52 heavy (non-hydrogen) atoms. The highest BCUT2D eigenvalue weighted by molar-refractivity contribution is 6.23. The molecule has 0 bridgehead atoms. The Morgan fingerprint density at radius 1 is 0.192 bits per heavy atom. The third-order valence-electron chi connectivity index (χ3n) is 10.6. The van der Waals surface area contributed by atoms with Gasteiger partial charge in [0.05, 0.1) is 0 Å². The lowest BCUT2D eigenvalue weighted by Crippen LogP contribution is -1.92. The molecule has 0 atom stereocenters. The molecule has 0 aliphatic rings. The van der Waals surface area contributed by atoms with Gasteiger partial charge in [0.1, 0.15) is 0 Å². The normalized spacial score (nSPS) is 11.5. The SMILES string of the molecule is c1cc(-c2cccc(-c3cccc4ccccc34)c2)cc(-c2cccc(-c3c4ccccc4c(-c4cccc5ccccc45)c4ccccc34)c2)c1. The van der Waals surface area contributed by atoms with Gasteiger partial charge in [0, 0.05) is 0 Å². The number of hydrogen-bond donors (Lipinski definition) is 0. The lowest BCUT2D eigenvalue weighted by atomic mass is 9.84. The summed E-state index contributed by atoms with van der Waals surface area (Å²) in [6.07, 6.45) is 0. The molecular formula is C52H34. The quantitative estimate of drug-likeness (QED) is 0.161. The van der Waals surface area contributed by atoms with Crippen LogP contribution >= 0.6 is 0 Å². The molecular weight excluding hydrogens is 625 g/mol. The van der Waals surface area contributed by atoms with E-state index in [0.29, 0.717) is 0 Å². The van der Waals surface area contributed by atoms with Crippen molar-refractivity contribution in [2.45, 2.75) is 0 Å². The van der Waals surface area contributed by atoms with E-state index in [1.165, 1.54) is 98.7 Å². The first-order valence-electron chi connectivity index (χ1n) is 18.0. The van der Waals surface area contributed by atoms with Crippen molar-refractivity contribution in [3.63, 3.8) is 0 Å². The lowest BCUT2D eigenvalue weighted by molar-refractivity contribution is 1.58. The Bertz CT molecular complexity index is 2900. The minimum absolute atomic E-state index is 1.20. The smallest absolute Gasteiger partial charge is 0.00201 e. The molecule has 0 aliphatic carbocycles. The van der Waals surface area contributed by atoms with Crippen LogP contribution in [0.25, 0.3) is 98.7 Å². The highest BCUT2D eigenvalue weighted by Crippen LogP contribution is 2.46. The molecule has 0 heterocycles. The van der Waals surface area contributed by atoms with Crippen LogP contribution in [0.1, 0.15) is 0 Å². The van der Waals surface area contributed by atoms with Crippen LogP contribution in [0.5, 0.6) is 0 Å². The molecule has 0 aromatic heterocycles. The van der Waals surface area contributed by atoms with Crippen molar-refractivity contribution >= 4 is 43.1 Å². The first kappa shape index (κ1) is 30.1. The highest BCUT2D eigenvalue weighted by atomic mass is 14.2. The van der Waals surface area contributed by atoms with Crippen LogP contribution in [0.3, 0.4) is 0 Å². The zero-order chi connectivity index (χ0) is 34.4. The number of benzene rings is 10. The van der Waals surface area contributed by atoms with E-state index < -0.39 is 0 Å². The summed E-state index contributed by atoms with van der Waals surface area (Å²) in [5, 5.41) is 10.1. The maximum Gasteiger partial charge on any atom is -0.00201 e. The van der Waals surface area contributed by atoms with Gasteiger partial charge in [-0.2, -0.15) is 0 Å². The molecule has 0 spiro atoms. The summed E-state index contributed by atoms with van der Waals surface area (Å²) in [7, 11) is 0. The van der Waals surface area contributed by atoms with Crippen molar-refractivity contribution in [3.8, 4) is 55.6 Å². The van der Waals surface area contributed by atoms with Crippen molar-refractivity contribution in [2.75, 3.05) is 0 Å². The molecule has 0 radical (unpaired) electrons. The van der Waals surface area contributed by atoms with E-state index in [2.05, 4.69) is 206 Å². The van der Waals surface area contributed by atoms with Gasteiger partial charge < -0.3 is 0 Å². The van der Waals surface area contributed by atoms with Crippen LogP contribution < -0.4 is 0 Å². The van der Waals surface area contributed by atoms with Gasteiger partial charge in [0.15, 0.2) is 0 Å². The van der Waals surface area contributed by atoms with Crippen LogP contribution in [0.15, 0.2) is 206 Å². The third kappa shape index (κ3) is 5.08. The molecule has 0 N–H and O–H groups in total. The predicted octanol–water partition coefficient (Wildman–Crippen LogP) is 14.6. The first-order chi connectivity index (χ1) is 25.8. The molecule has 0 unspecified atom stereocenters. The molecule has 0 nitrogen and oxygen atoms in total. The molecule has 10 aromatic carbocycles. The van der Waals surface area contributed by atoms with E-state index in [1.807, 2.05) is 0 Å². The second-order valence-electron chi connectivity index (χ2n) is 13.6. The van der Waals surface area contributed by atoms with Gasteiger partial charge in [-0.05, 0) is 117 Å². The molecule has 242 valence electrons. The topological polar surface area (TPSA) is 0 Å². The Kier molecular flexibility index (Phi) is 7.25. The van der Waals surface area contributed by atoms with E-state index in [1.54, 1.807) is 0 Å². The van der Waals surface area contributed by atoms with Gasteiger partial charge >= 0.3 is 0 Å². The van der Waals surface area contributed by atoms with Gasteiger partial charge in [-0.1, -0.05) is 188 Å². The maximum atomic E-state index is 2.37. The fourth-order valence-corrected chi connectivity index (χ4v) is 8.25. The van der Waals surface area contributed by atoms with Gasteiger partial charge in [0.2, 0.25) is 0 Å². The van der Waals surface area contributed by atoms with Crippen molar-refractivity contribution in [2.24, 2.45) is 0 Å². The van der Waals surface area contributed by atoms with Crippen molar-refractivity contribution in [1.29, 1.82) is 0 Å². The Hall–Kier alpha value is -6.76. The zero-order valence-electron chi connectivity index (χ0n) is 28.6. The predicted molar refractivity (Wildman–Crippen MR) is 224 cm³/mol. The molecule has 0 saturated carbocycles. The summed E-state index contributed by atoms with van der Waals surface area (Å²) in [4.78, 5) is 0. The Morgan fingerprint density at radius 2 is 0.519 bits per heavy atom. The largest absolute Gasteiger partial charge is 0.0616 e. The Balaban J connectivity index is 1.11. The number of hydrogen-bond acceptors (Lipinski definition) is 0. The summed E-state index contributed by atoms with van der Waals surface area (Å²) in [6, 6.07) is 75.5. The lowest BCUT2D eigenvalue weighted by Gasteiger charge is -2.19. The maximum absolute atomic E-state index is 2.37. The van der Waals surface area contributed by atoms with Crippen molar-refractivity contribution in [1.82, 2.24) is 0 Å². The van der Waals surface area contributed by atoms with E-state index in [4.69, 9.17) is 0 Å². The Labute approximate surface area is 303 Å². The van der Waals surface area contributed by atoms with Crippen molar-refractivity contribution in [3.05, 3.63) is 206 Å². The van der Waals surface area contributed by atoms with Gasteiger partial charge in [-0.25, -0.2) is 0 Å². The minimum atomic E-state index is 1.20. The summed E-state index contributed by atoms with van der Waals surface area (Å²) >= 11 is 0. The monoisotopic (exact) mass is 658 g/mol. The van der Waals surface area contributed by atoms with Crippen LogP contribution in [-0.2, 0) is 0 Å². The molecule has 10 rings (SSSR count). The second kappa shape index (κ2) is 12.5. The van der Waals surface area contributed by atoms with Crippen LogP contribution in [0.2, 0.25) is 0 Å². The minimum Gasteiger partial charge on any atom is -0.0616 e. The molecule has 0 amide bonds. The number of fused-ring (bicyclic) bond motifs is 4. The Morgan fingerprint density at radius 3 is 1.06 bits per heavy atom. The standard InChI is InChI=1S/C52H34/c1-3-24-43-35(14-1)16-12-30-45(43)41-22-10-20-39(33-41)37-18-9-19-38(32-37)40-21-11-23-42(34-40)51-47-26-5-7-28-49(47)52(50-29-8-6-27-48(50)51)46-31-13-17-36-15-2-4-25-44(36)46/h1-34H. The van der Waals surface area contributed by atoms with Crippen LogP contribution in [-0.4, -0.2) is 0 Å².